The molecule has 0 fully saturated rings. The number of benzene rings is 2. The van der Waals surface area contributed by atoms with E-state index in [0.29, 0.717) is 5.56 Å². The maximum Gasteiger partial charge on any atom is 0.337 e. The third-order valence-electron chi connectivity index (χ3n) is 3.60. The summed E-state index contributed by atoms with van der Waals surface area (Å²) in [6.45, 7) is 6.65. The van der Waals surface area contributed by atoms with Crippen LogP contribution in [0.5, 0.6) is 0 Å². The van der Waals surface area contributed by atoms with Crippen LogP contribution in [0, 0.1) is 0 Å². The van der Waals surface area contributed by atoms with E-state index in [9.17, 15) is 4.79 Å². The number of hydrogen-bond donors (Lipinski definition) is 0. The smallest absolute Gasteiger partial charge is 0.337 e. The van der Waals surface area contributed by atoms with Gasteiger partial charge in [-0.05, 0) is 40.7 Å². The number of ether oxygens (including phenoxy) is 1. The van der Waals surface area contributed by atoms with E-state index in [1.54, 1.807) is 0 Å². The maximum absolute atomic E-state index is 11.4. The Labute approximate surface area is 126 Å². The minimum Gasteiger partial charge on any atom is -0.465 e. The molecule has 2 heteroatoms. The van der Waals surface area contributed by atoms with E-state index in [1.807, 2.05) is 24.3 Å². The molecule has 2 aromatic rings. The molecule has 2 aromatic carbocycles. The summed E-state index contributed by atoms with van der Waals surface area (Å²) in [7, 11) is 1.40. The van der Waals surface area contributed by atoms with Gasteiger partial charge in [0.2, 0.25) is 0 Å². The zero-order chi connectivity index (χ0) is 15.5. The van der Waals surface area contributed by atoms with Crippen molar-refractivity contribution in [2.24, 2.45) is 0 Å². The third kappa shape index (κ3) is 3.94. The van der Waals surface area contributed by atoms with Gasteiger partial charge in [0.25, 0.3) is 0 Å². The molecular formula is C19H22O2. The molecule has 0 saturated carbocycles. The van der Waals surface area contributed by atoms with E-state index >= 15 is 0 Å². The van der Waals surface area contributed by atoms with Crippen molar-refractivity contribution in [2.75, 3.05) is 7.11 Å². The van der Waals surface area contributed by atoms with Gasteiger partial charge in [0.05, 0.1) is 12.7 Å². The van der Waals surface area contributed by atoms with Crippen molar-refractivity contribution in [3.05, 3.63) is 70.8 Å². The fraction of sp³-hybridized carbons (Fsp3) is 0.316. The van der Waals surface area contributed by atoms with Crippen LogP contribution < -0.4 is 0 Å². The molecule has 2 rings (SSSR count). The van der Waals surface area contributed by atoms with E-state index in [-0.39, 0.29) is 11.4 Å². The Bertz CT molecular complexity index is 602. The Morgan fingerprint density at radius 2 is 1.38 bits per heavy atom. The fourth-order valence-corrected chi connectivity index (χ4v) is 2.23. The Morgan fingerprint density at radius 1 is 0.905 bits per heavy atom. The van der Waals surface area contributed by atoms with Crippen LogP contribution >= 0.6 is 0 Å². The highest BCUT2D eigenvalue weighted by atomic mass is 16.5. The molecule has 2 nitrogen and oxygen atoms in total. The molecule has 0 amide bonds. The molecule has 0 saturated heterocycles. The second-order valence-electron chi connectivity index (χ2n) is 6.31. The van der Waals surface area contributed by atoms with E-state index in [2.05, 4.69) is 45.0 Å². The van der Waals surface area contributed by atoms with Crippen LogP contribution in [-0.2, 0) is 16.6 Å². The summed E-state index contributed by atoms with van der Waals surface area (Å²) in [4.78, 5) is 11.4. The average Bonchev–Trinajstić information content (AvgIpc) is 2.47. The molecule has 0 aromatic heterocycles. The molecule has 0 atom stereocenters. The monoisotopic (exact) mass is 282 g/mol. The van der Waals surface area contributed by atoms with Crippen molar-refractivity contribution in [3.8, 4) is 0 Å². The lowest BCUT2D eigenvalue weighted by Gasteiger charge is -2.19. The highest BCUT2D eigenvalue weighted by Gasteiger charge is 2.12. The lowest BCUT2D eigenvalue weighted by atomic mass is 9.86. The van der Waals surface area contributed by atoms with Gasteiger partial charge in [-0.3, -0.25) is 0 Å². The molecule has 21 heavy (non-hydrogen) atoms. The first-order valence-corrected chi connectivity index (χ1v) is 7.17. The number of carbonyl (C=O) groups excluding carboxylic acids is 1. The first kappa shape index (κ1) is 15.3. The van der Waals surface area contributed by atoms with Crippen molar-refractivity contribution in [3.63, 3.8) is 0 Å². The topological polar surface area (TPSA) is 26.3 Å². The normalized spacial score (nSPS) is 11.2. The van der Waals surface area contributed by atoms with Crippen molar-refractivity contribution in [1.82, 2.24) is 0 Å². The lowest BCUT2D eigenvalue weighted by Crippen LogP contribution is -2.10. The predicted molar refractivity (Wildman–Crippen MR) is 85.7 cm³/mol. The molecule has 0 radical (unpaired) electrons. The Kier molecular flexibility index (Phi) is 4.46. The van der Waals surface area contributed by atoms with Crippen molar-refractivity contribution in [1.29, 1.82) is 0 Å². The number of methoxy groups -OCH3 is 1. The van der Waals surface area contributed by atoms with Gasteiger partial charge >= 0.3 is 5.97 Å². The van der Waals surface area contributed by atoms with Gasteiger partial charge in [-0.1, -0.05) is 57.2 Å². The average molecular weight is 282 g/mol. The Balaban J connectivity index is 2.10. The maximum atomic E-state index is 11.4. The van der Waals surface area contributed by atoms with Gasteiger partial charge in [0.15, 0.2) is 0 Å². The van der Waals surface area contributed by atoms with Crippen LogP contribution in [0.25, 0.3) is 0 Å². The summed E-state index contributed by atoms with van der Waals surface area (Å²) in [5, 5.41) is 0. The molecule has 110 valence electrons. The largest absolute Gasteiger partial charge is 0.465 e. The van der Waals surface area contributed by atoms with Crippen molar-refractivity contribution >= 4 is 5.97 Å². The summed E-state index contributed by atoms with van der Waals surface area (Å²) in [5.74, 6) is -0.295. The van der Waals surface area contributed by atoms with Crippen LogP contribution in [0.4, 0.5) is 0 Å². The predicted octanol–water partition coefficient (Wildman–Crippen LogP) is 4.36. The minimum absolute atomic E-state index is 0.181. The molecule has 0 unspecified atom stereocenters. The molecule has 0 heterocycles. The van der Waals surface area contributed by atoms with Crippen molar-refractivity contribution < 1.29 is 9.53 Å². The molecule has 0 spiro atoms. The first-order chi connectivity index (χ1) is 9.90. The lowest BCUT2D eigenvalue weighted by molar-refractivity contribution is 0.0600. The zero-order valence-corrected chi connectivity index (χ0v) is 13.1. The van der Waals surface area contributed by atoms with Crippen LogP contribution in [0.2, 0.25) is 0 Å². The molecular weight excluding hydrogens is 260 g/mol. The summed E-state index contributed by atoms with van der Waals surface area (Å²) in [6, 6.07) is 16.3. The van der Waals surface area contributed by atoms with E-state index in [1.165, 1.54) is 23.8 Å². The van der Waals surface area contributed by atoms with Gasteiger partial charge in [-0.15, -0.1) is 0 Å². The first-order valence-electron chi connectivity index (χ1n) is 7.17. The number of hydrogen-bond acceptors (Lipinski definition) is 2. The van der Waals surface area contributed by atoms with Gasteiger partial charge < -0.3 is 4.74 Å². The standard InChI is InChI=1S/C19H22O2/c1-19(2,3)17-11-7-15(8-12-17)13-14-5-9-16(10-6-14)18(20)21-4/h5-12H,13H2,1-4H3. The number of esters is 1. The summed E-state index contributed by atoms with van der Waals surface area (Å²) in [6.07, 6.45) is 0.867. The molecule has 0 N–H and O–H groups in total. The van der Waals surface area contributed by atoms with E-state index in [4.69, 9.17) is 4.74 Å². The molecule has 0 aliphatic heterocycles. The quantitative estimate of drug-likeness (QED) is 0.782. The molecule has 0 bridgehead atoms. The fourth-order valence-electron chi connectivity index (χ4n) is 2.23. The van der Waals surface area contributed by atoms with E-state index < -0.39 is 0 Å². The Hall–Kier alpha value is -2.09. The van der Waals surface area contributed by atoms with Gasteiger partial charge in [-0.25, -0.2) is 4.79 Å². The molecule has 0 aliphatic carbocycles. The summed E-state index contributed by atoms with van der Waals surface area (Å²) >= 11 is 0. The summed E-state index contributed by atoms with van der Waals surface area (Å²) < 4.78 is 4.70. The number of carbonyl (C=O) groups is 1. The van der Waals surface area contributed by atoms with Crippen LogP contribution in [0.15, 0.2) is 48.5 Å². The zero-order valence-electron chi connectivity index (χ0n) is 13.1. The van der Waals surface area contributed by atoms with Gasteiger partial charge in [0, 0.05) is 0 Å². The van der Waals surface area contributed by atoms with Gasteiger partial charge in [-0.2, -0.15) is 0 Å². The van der Waals surface area contributed by atoms with E-state index in [0.717, 1.165) is 6.42 Å². The van der Waals surface area contributed by atoms with Crippen LogP contribution in [-0.4, -0.2) is 13.1 Å². The van der Waals surface area contributed by atoms with Gasteiger partial charge in [0.1, 0.15) is 0 Å². The SMILES string of the molecule is COC(=O)c1ccc(Cc2ccc(C(C)(C)C)cc2)cc1. The summed E-state index contributed by atoms with van der Waals surface area (Å²) in [5.41, 5.74) is 4.57. The highest BCUT2D eigenvalue weighted by molar-refractivity contribution is 5.89. The van der Waals surface area contributed by atoms with Crippen LogP contribution in [0.3, 0.4) is 0 Å². The van der Waals surface area contributed by atoms with Crippen molar-refractivity contribution in [2.45, 2.75) is 32.6 Å². The molecule has 0 aliphatic rings. The van der Waals surface area contributed by atoms with Crippen LogP contribution in [0.1, 0.15) is 47.8 Å². The second-order valence-corrected chi connectivity index (χ2v) is 6.31. The Morgan fingerprint density at radius 3 is 1.81 bits per heavy atom. The second kappa shape index (κ2) is 6.13. The number of rotatable bonds is 3. The minimum atomic E-state index is -0.295. The highest BCUT2D eigenvalue weighted by Crippen LogP contribution is 2.23. The third-order valence-corrected chi connectivity index (χ3v) is 3.60.